The molecule has 0 saturated carbocycles. The third-order valence-corrected chi connectivity index (χ3v) is 2.28. The summed E-state index contributed by atoms with van der Waals surface area (Å²) in [7, 11) is 0. The molecule has 0 aromatic carbocycles. The molecule has 1 radical (unpaired) electrons. The summed E-state index contributed by atoms with van der Waals surface area (Å²) in [6.45, 7) is 4.03. The molecular formula is C9H10Cl2N. The summed E-state index contributed by atoms with van der Waals surface area (Å²) >= 11 is 11.6. The van der Waals surface area contributed by atoms with Crippen molar-refractivity contribution in [1.29, 1.82) is 0 Å². The zero-order valence-corrected chi connectivity index (χ0v) is 8.52. The monoisotopic (exact) mass is 202 g/mol. The smallest absolute Gasteiger partial charge is 0.0639 e. The van der Waals surface area contributed by atoms with Gasteiger partial charge in [0.05, 0.1) is 15.7 Å². The van der Waals surface area contributed by atoms with Crippen molar-refractivity contribution in [2.45, 2.75) is 19.8 Å². The number of rotatable bonds is 2. The highest BCUT2D eigenvalue weighted by Gasteiger charge is 2.09. The van der Waals surface area contributed by atoms with Crippen LogP contribution in [0.3, 0.4) is 0 Å². The Morgan fingerprint density at radius 3 is 2.67 bits per heavy atom. The van der Waals surface area contributed by atoms with Gasteiger partial charge in [-0.25, -0.2) is 0 Å². The van der Waals surface area contributed by atoms with Crippen LogP contribution >= 0.6 is 23.2 Å². The predicted octanol–water partition coefficient (Wildman–Crippen LogP) is 3.72. The zero-order valence-electron chi connectivity index (χ0n) is 7.01. The Morgan fingerprint density at radius 1 is 1.50 bits per heavy atom. The van der Waals surface area contributed by atoms with Crippen LogP contribution in [0.15, 0.2) is 12.3 Å². The largest absolute Gasteiger partial charge is 0.258 e. The highest BCUT2D eigenvalue weighted by Crippen LogP contribution is 2.25. The molecule has 1 aromatic heterocycles. The van der Waals surface area contributed by atoms with E-state index in [1.165, 1.54) is 0 Å². The average molecular weight is 203 g/mol. The van der Waals surface area contributed by atoms with Crippen LogP contribution in [0, 0.1) is 6.42 Å². The maximum absolute atomic E-state index is 5.94. The maximum atomic E-state index is 5.94. The molecule has 1 nitrogen and oxygen atoms in total. The first-order valence-electron chi connectivity index (χ1n) is 3.75. The van der Waals surface area contributed by atoms with E-state index in [1.54, 1.807) is 12.3 Å². The molecule has 0 fully saturated rings. The summed E-state index contributed by atoms with van der Waals surface area (Å²) in [6, 6.07) is 1.71. The molecule has 1 unspecified atom stereocenters. The average Bonchev–Trinajstić information content (AvgIpc) is 2.03. The topological polar surface area (TPSA) is 12.9 Å². The normalized spacial score (nSPS) is 13.0. The van der Waals surface area contributed by atoms with Gasteiger partial charge in [-0.3, -0.25) is 4.98 Å². The number of aromatic nitrogens is 1. The first-order valence-corrected chi connectivity index (χ1v) is 4.51. The molecule has 0 amide bonds. The van der Waals surface area contributed by atoms with Crippen molar-refractivity contribution in [2.75, 3.05) is 0 Å². The Hall–Kier alpha value is -0.270. The highest BCUT2D eigenvalue weighted by atomic mass is 35.5. The second-order valence-corrected chi connectivity index (χ2v) is 3.49. The van der Waals surface area contributed by atoms with E-state index in [0.29, 0.717) is 10.0 Å². The SMILES string of the molecule is C[CH]C(C)c1ncc(Cl)cc1Cl. The van der Waals surface area contributed by atoms with E-state index in [9.17, 15) is 0 Å². The van der Waals surface area contributed by atoms with E-state index in [1.807, 2.05) is 20.3 Å². The standard InChI is InChI=1S/C9H10Cl2N/c1-3-6(2)9-8(11)4-7(10)5-12-9/h3-6H,1-2H3. The van der Waals surface area contributed by atoms with E-state index < -0.39 is 0 Å². The second-order valence-electron chi connectivity index (χ2n) is 2.64. The van der Waals surface area contributed by atoms with Gasteiger partial charge < -0.3 is 0 Å². The predicted molar refractivity (Wildman–Crippen MR) is 52.6 cm³/mol. The van der Waals surface area contributed by atoms with Gasteiger partial charge in [0.2, 0.25) is 0 Å². The molecule has 0 N–H and O–H groups in total. The molecule has 12 heavy (non-hydrogen) atoms. The minimum absolute atomic E-state index is 0.273. The van der Waals surface area contributed by atoms with Gasteiger partial charge in [-0.2, -0.15) is 0 Å². The number of hydrogen-bond acceptors (Lipinski definition) is 1. The number of halogens is 2. The van der Waals surface area contributed by atoms with Crippen molar-refractivity contribution in [2.24, 2.45) is 0 Å². The van der Waals surface area contributed by atoms with Crippen LogP contribution in [0.2, 0.25) is 10.0 Å². The van der Waals surface area contributed by atoms with Crippen LogP contribution in [0.1, 0.15) is 25.5 Å². The van der Waals surface area contributed by atoms with Gasteiger partial charge >= 0.3 is 0 Å². The molecule has 3 heteroatoms. The van der Waals surface area contributed by atoms with E-state index in [4.69, 9.17) is 23.2 Å². The van der Waals surface area contributed by atoms with Crippen molar-refractivity contribution in [3.05, 3.63) is 34.4 Å². The van der Waals surface area contributed by atoms with Crippen molar-refractivity contribution in [3.63, 3.8) is 0 Å². The molecule has 0 aliphatic carbocycles. The molecule has 1 heterocycles. The minimum atomic E-state index is 0.273. The Balaban J connectivity index is 3.01. The van der Waals surface area contributed by atoms with Gasteiger partial charge in [0.1, 0.15) is 0 Å². The number of pyridine rings is 1. The molecule has 1 rings (SSSR count). The van der Waals surface area contributed by atoms with Crippen molar-refractivity contribution >= 4 is 23.2 Å². The second kappa shape index (κ2) is 4.11. The lowest BCUT2D eigenvalue weighted by atomic mass is 10.0. The Morgan fingerprint density at radius 2 is 2.17 bits per heavy atom. The van der Waals surface area contributed by atoms with Crippen LogP contribution in [-0.4, -0.2) is 4.98 Å². The first-order chi connectivity index (χ1) is 5.65. The van der Waals surface area contributed by atoms with E-state index in [0.717, 1.165) is 5.69 Å². The summed E-state index contributed by atoms with van der Waals surface area (Å²) < 4.78 is 0. The third kappa shape index (κ3) is 2.11. The first kappa shape index (κ1) is 9.82. The van der Waals surface area contributed by atoms with E-state index >= 15 is 0 Å². The molecule has 65 valence electrons. The third-order valence-electron chi connectivity index (χ3n) is 1.77. The molecule has 0 bridgehead atoms. The fourth-order valence-corrected chi connectivity index (χ4v) is 1.47. The fourth-order valence-electron chi connectivity index (χ4n) is 0.918. The highest BCUT2D eigenvalue weighted by molar-refractivity contribution is 6.34. The quantitative estimate of drug-likeness (QED) is 0.713. The Bertz CT molecular complexity index is 273. The van der Waals surface area contributed by atoms with Gasteiger partial charge in [0.25, 0.3) is 0 Å². The van der Waals surface area contributed by atoms with Gasteiger partial charge in [0, 0.05) is 12.1 Å². The minimum Gasteiger partial charge on any atom is -0.258 e. The van der Waals surface area contributed by atoms with Crippen LogP contribution in [-0.2, 0) is 0 Å². The fraction of sp³-hybridized carbons (Fsp3) is 0.333. The summed E-state index contributed by atoms with van der Waals surface area (Å²) in [4.78, 5) is 4.15. The van der Waals surface area contributed by atoms with Gasteiger partial charge in [-0.15, -0.1) is 0 Å². The lowest BCUT2D eigenvalue weighted by Crippen LogP contribution is -1.96. The van der Waals surface area contributed by atoms with Crippen LogP contribution in [0.4, 0.5) is 0 Å². The van der Waals surface area contributed by atoms with E-state index in [2.05, 4.69) is 4.98 Å². The van der Waals surface area contributed by atoms with Crippen molar-refractivity contribution in [3.8, 4) is 0 Å². The lowest BCUT2D eigenvalue weighted by Gasteiger charge is -2.08. The van der Waals surface area contributed by atoms with Crippen molar-refractivity contribution in [1.82, 2.24) is 4.98 Å². The van der Waals surface area contributed by atoms with Crippen molar-refractivity contribution < 1.29 is 0 Å². The number of nitrogens with zero attached hydrogens (tertiary/aromatic N) is 1. The summed E-state index contributed by atoms with van der Waals surface area (Å²) in [6.07, 6.45) is 3.66. The van der Waals surface area contributed by atoms with E-state index in [-0.39, 0.29) is 5.92 Å². The van der Waals surface area contributed by atoms with Crippen LogP contribution < -0.4 is 0 Å². The molecule has 0 saturated heterocycles. The molecule has 0 spiro atoms. The van der Waals surface area contributed by atoms with Crippen LogP contribution in [0.5, 0.6) is 0 Å². The molecule has 1 atom stereocenters. The Kier molecular flexibility index (Phi) is 3.36. The molecule has 0 aliphatic heterocycles. The molecule has 1 aromatic rings. The zero-order chi connectivity index (χ0) is 9.14. The number of hydrogen-bond donors (Lipinski definition) is 0. The van der Waals surface area contributed by atoms with Gasteiger partial charge in [-0.1, -0.05) is 37.0 Å². The lowest BCUT2D eigenvalue weighted by molar-refractivity contribution is 0.843. The molecular weight excluding hydrogens is 193 g/mol. The Labute approximate surface area is 82.7 Å². The molecule has 0 aliphatic rings. The van der Waals surface area contributed by atoms with Gasteiger partial charge in [-0.05, 0) is 12.5 Å². The maximum Gasteiger partial charge on any atom is 0.0639 e. The summed E-state index contributed by atoms with van der Waals surface area (Å²) in [5, 5.41) is 1.21. The van der Waals surface area contributed by atoms with Crippen LogP contribution in [0.25, 0.3) is 0 Å². The van der Waals surface area contributed by atoms with Gasteiger partial charge in [0.15, 0.2) is 0 Å². The summed E-state index contributed by atoms with van der Waals surface area (Å²) in [5.74, 6) is 0.273. The summed E-state index contributed by atoms with van der Waals surface area (Å²) in [5.41, 5.74) is 0.878.